The van der Waals surface area contributed by atoms with Gasteiger partial charge in [0.25, 0.3) is 0 Å². The highest BCUT2D eigenvalue weighted by Gasteiger charge is 2.38. The van der Waals surface area contributed by atoms with Gasteiger partial charge in [0.1, 0.15) is 0 Å². The third-order valence-electron chi connectivity index (χ3n) is 3.86. The fraction of sp³-hybridized carbons (Fsp3) is 0.600. The van der Waals surface area contributed by atoms with Crippen LogP contribution in [0.3, 0.4) is 0 Å². The third kappa shape index (κ3) is 1.67. The van der Waals surface area contributed by atoms with Gasteiger partial charge in [0.15, 0.2) is 0 Å². The zero-order valence-electron chi connectivity index (χ0n) is 11.1. The van der Waals surface area contributed by atoms with Crippen molar-refractivity contribution in [2.45, 2.75) is 52.5 Å². The molecule has 1 aromatic rings. The number of hydrogen-bond donors (Lipinski definition) is 1. The molecule has 0 radical (unpaired) electrons. The fourth-order valence-corrected chi connectivity index (χ4v) is 3.32. The van der Waals surface area contributed by atoms with Crippen LogP contribution in [0, 0.1) is 13.8 Å². The molecule has 1 nitrogen and oxygen atoms in total. The molecule has 1 aromatic carbocycles. The van der Waals surface area contributed by atoms with E-state index in [0.717, 1.165) is 6.54 Å². The van der Waals surface area contributed by atoms with Crippen LogP contribution in [0.1, 0.15) is 55.5 Å². The molecule has 0 heterocycles. The van der Waals surface area contributed by atoms with Crippen LogP contribution >= 0.6 is 0 Å². The summed E-state index contributed by atoms with van der Waals surface area (Å²) < 4.78 is 0. The number of nitrogens with one attached hydrogen (secondary N) is 1. The molecule has 0 saturated carbocycles. The van der Waals surface area contributed by atoms with Gasteiger partial charge in [0.2, 0.25) is 0 Å². The van der Waals surface area contributed by atoms with Crippen molar-refractivity contribution in [3.05, 3.63) is 34.4 Å². The van der Waals surface area contributed by atoms with E-state index in [1.807, 2.05) is 0 Å². The highest BCUT2D eigenvalue weighted by molar-refractivity contribution is 5.50. The van der Waals surface area contributed by atoms with E-state index in [1.54, 1.807) is 11.1 Å². The highest BCUT2D eigenvalue weighted by atomic mass is 14.9. The molecule has 1 aliphatic rings. The van der Waals surface area contributed by atoms with E-state index in [2.05, 4.69) is 52.1 Å². The number of benzene rings is 1. The highest BCUT2D eigenvalue weighted by Crippen LogP contribution is 2.47. The first-order valence-electron chi connectivity index (χ1n) is 6.31. The molecule has 0 bridgehead atoms. The van der Waals surface area contributed by atoms with Crippen molar-refractivity contribution >= 4 is 0 Å². The van der Waals surface area contributed by atoms with Crippen LogP contribution < -0.4 is 5.32 Å². The van der Waals surface area contributed by atoms with Crippen LogP contribution in [0.2, 0.25) is 0 Å². The van der Waals surface area contributed by atoms with E-state index in [-0.39, 0.29) is 0 Å². The molecule has 1 heteroatoms. The molecule has 88 valence electrons. The monoisotopic (exact) mass is 217 g/mol. The largest absolute Gasteiger partial charge is 0.310 e. The first kappa shape index (κ1) is 11.7. The molecule has 1 N–H and O–H groups in total. The molecule has 0 saturated heterocycles. The normalized spacial score (nSPS) is 22.2. The lowest BCUT2D eigenvalue weighted by Gasteiger charge is -2.21. The zero-order chi connectivity index (χ0) is 11.9. The molecule has 0 aromatic heterocycles. The Labute approximate surface area is 99.3 Å². The van der Waals surface area contributed by atoms with E-state index >= 15 is 0 Å². The van der Waals surface area contributed by atoms with Crippen LogP contribution in [0.15, 0.2) is 12.1 Å². The molecular formula is C15H23N. The Hall–Kier alpha value is -0.820. The maximum Gasteiger partial charge on any atom is 0.0334 e. The standard InChI is InChI=1S/C15H23N/c1-6-16-12-9-15(4,5)14-11(3)8-7-10(2)13(12)14/h7-8,12,16H,6,9H2,1-5H3. The molecule has 2 rings (SSSR count). The Bertz CT molecular complexity index is 404. The van der Waals surface area contributed by atoms with Crippen molar-refractivity contribution in [1.82, 2.24) is 5.32 Å². The summed E-state index contributed by atoms with van der Waals surface area (Å²) in [6.45, 7) is 12.5. The van der Waals surface area contributed by atoms with Gasteiger partial charge in [-0.25, -0.2) is 0 Å². The van der Waals surface area contributed by atoms with E-state index in [4.69, 9.17) is 0 Å². The summed E-state index contributed by atoms with van der Waals surface area (Å²) in [5, 5.41) is 3.62. The molecular weight excluding hydrogens is 194 g/mol. The Morgan fingerprint density at radius 3 is 2.50 bits per heavy atom. The molecule has 1 aliphatic carbocycles. The molecule has 0 amide bonds. The summed E-state index contributed by atoms with van der Waals surface area (Å²) >= 11 is 0. The summed E-state index contributed by atoms with van der Waals surface area (Å²) in [6.07, 6.45) is 1.22. The Morgan fingerprint density at radius 1 is 1.25 bits per heavy atom. The van der Waals surface area contributed by atoms with Crippen LogP contribution in [0.4, 0.5) is 0 Å². The van der Waals surface area contributed by atoms with Crippen LogP contribution in [-0.2, 0) is 5.41 Å². The SMILES string of the molecule is CCNC1CC(C)(C)c2c(C)ccc(C)c21. The van der Waals surface area contributed by atoms with Crippen molar-refractivity contribution in [2.24, 2.45) is 0 Å². The summed E-state index contributed by atoms with van der Waals surface area (Å²) in [4.78, 5) is 0. The summed E-state index contributed by atoms with van der Waals surface area (Å²) in [5.41, 5.74) is 6.35. The summed E-state index contributed by atoms with van der Waals surface area (Å²) in [5.74, 6) is 0. The topological polar surface area (TPSA) is 12.0 Å². The average Bonchev–Trinajstić information content (AvgIpc) is 2.46. The maximum atomic E-state index is 3.62. The first-order valence-corrected chi connectivity index (χ1v) is 6.31. The van der Waals surface area contributed by atoms with Gasteiger partial charge in [-0.3, -0.25) is 0 Å². The summed E-state index contributed by atoms with van der Waals surface area (Å²) in [6, 6.07) is 5.08. The van der Waals surface area contributed by atoms with Gasteiger partial charge in [-0.15, -0.1) is 0 Å². The van der Waals surface area contributed by atoms with Crippen LogP contribution in [0.5, 0.6) is 0 Å². The second kappa shape index (κ2) is 3.89. The van der Waals surface area contributed by atoms with Gasteiger partial charge in [0, 0.05) is 6.04 Å². The Kier molecular flexibility index (Phi) is 2.83. The Morgan fingerprint density at radius 2 is 1.88 bits per heavy atom. The van der Waals surface area contributed by atoms with Crippen molar-refractivity contribution in [1.29, 1.82) is 0 Å². The molecule has 0 spiro atoms. The van der Waals surface area contributed by atoms with Crippen molar-refractivity contribution < 1.29 is 0 Å². The van der Waals surface area contributed by atoms with E-state index in [9.17, 15) is 0 Å². The molecule has 0 aliphatic heterocycles. The lowest BCUT2D eigenvalue weighted by Crippen LogP contribution is -2.21. The smallest absolute Gasteiger partial charge is 0.0334 e. The molecule has 16 heavy (non-hydrogen) atoms. The van der Waals surface area contributed by atoms with Crippen LogP contribution in [0.25, 0.3) is 0 Å². The van der Waals surface area contributed by atoms with E-state index < -0.39 is 0 Å². The predicted molar refractivity (Wildman–Crippen MR) is 70.0 cm³/mol. The van der Waals surface area contributed by atoms with Crippen LogP contribution in [-0.4, -0.2) is 6.54 Å². The number of hydrogen-bond acceptors (Lipinski definition) is 1. The number of fused-ring (bicyclic) bond motifs is 1. The second-order valence-electron chi connectivity index (χ2n) is 5.69. The minimum Gasteiger partial charge on any atom is -0.310 e. The van der Waals surface area contributed by atoms with Gasteiger partial charge >= 0.3 is 0 Å². The Balaban J connectivity index is 2.58. The number of aryl methyl sites for hydroxylation is 2. The van der Waals surface area contributed by atoms with Gasteiger partial charge in [-0.05, 0) is 54.5 Å². The van der Waals surface area contributed by atoms with Crippen molar-refractivity contribution in [3.63, 3.8) is 0 Å². The molecule has 1 unspecified atom stereocenters. The fourth-order valence-electron chi connectivity index (χ4n) is 3.32. The van der Waals surface area contributed by atoms with Gasteiger partial charge in [-0.2, -0.15) is 0 Å². The average molecular weight is 217 g/mol. The first-order chi connectivity index (χ1) is 7.47. The lowest BCUT2D eigenvalue weighted by atomic mass is 9.83. The molecule has 1 atom stereocenters. The minimum absolute atomic E-state index is 0.318. The predicted octanol–water partition coefficient (Wildman–Crippen LogP) is 3.64. The maximum absolute atomic E-state index is 3.62. The van der Waals surface area contributed by atoms with Gasteiger partial charge < -0.3 is 5.32 Å². The summed E-state index contributed by atoms with van der Waals surface area (Å²) in [7, 11) is 0. The zero-order valence-corrected chi connectivity index (χ0v) is 11.1. The van der Waals surface area contributed by atoms with E-state index in [0.29, 0.717) is 11.5 Å². The lowest BCUT2D eigenvalue weighted by molar-refractivity contribution is 0.432. The quantitative estimate of drug-likeness (QED) is 0.797. The second-order valence-corrected chi connectivity index (χ2v) is 5.69. The minimum atomic E-state index is 0.318. The van der Waals surface area contributed by atoms with Crippen molar-refractivity contribution in [3.8, 4) is 0 Å². The van der Waals surface area contributed by atoms with Gasteiger partial charge in [0.05, 0.1) is 0 Å². The van der Waals surface area contributed by atoms with Crippen molar-refractivity contribution in [2.75, 3.05) is 6.54 Å². The van der Waals surface area contributed by atoms with E-state index in [1.165, 1.54) is 17.5 Å². The molecule has 0 fully saturated rings. The third-order valence-corrected chi connectivity index (χ3v) is 3.86. The van der Waals surface area contributed by atoms with Gasteiger partial charge in [-0.1, -0.05) is 32.9 Å². The number of rotatable bonds is 2.